The van der Waals surface area contributed by atoms with E-state index in [9.17, 15) is 4.79 Å². The highest BCUT2D eigenvalue weighted by Crippen LogP contribution is 2.27. The van der Waals surface area contributed by atoms with Crippen molar-refractivity contribution in [2.24, 2.45) is 0 Å². The van der Waals surface area contributed by atoms with E-state index in [1.165, 1.54) is 11.3 Å². The average molecular weight is 352 g/mol. The summed E-state index contributed by atoms with van der Waals surface area (Å²) < 4.78 is 5.45. The van der Waals surface area contributed by atoms with Crippen LogP contribution < -0.4 is 10.1 Å². The lowest BCUT2D eigenvalue weighted by atomic mass is 10.1. The summed E-state index contributed by atoms with van der Waals surface area (Å²) in [4.78, 5) is 17.0. The minimum absolute atomic E-state index is 0.134. The molecule has 1 aromatic heterocycles. The van der Waals surface area contributed by atoms with Gasteiger partial charge in [-0.1, -0.05) is 17.7 Å². The highest BCUT2D eigenvalue weighted by Gasteiger charge is 2.12. The molecule has 0 aliphatic rings. The van der Waals surface area contributed by atoms with Gasteiger partial charge in [0, 0.05) is 16.5 Å². The smallest absolute Gasteiger partial charge is 0.257 e. The molecule has 0 aliphatic carbocycles. The van der Waals surface area contributed by atoms with Gasteiger partial charge in [-0.05, 0) is 56.7 Å². The Balaban J connectivity index is 1.74. The second-order valence-electron chi connectivity index (χ2n) is 5.77. The normalized spacial score (nSPS) is 10.5. The van der Waals surface area contributed by atoms with Crippen LogP contribution in [0.2, 0.25) is 0 Å². The van der Waals surface area contributed by atoms with E-state index < -0.39 is 0 Å². The number of carbonyl (C=O) groups is 1. The zero-order valence-corrected chi connectivity index (χ0v) is 15.3. The lowest BCUT2D eigenvalue weighted by Gasteiger charge is -2.06. The molecule has 0 fully saturated rings. The minimum atomic E-state index is -0.134. The summed E-state index contributed by atoms with van der Waals surface area (Å²) in [5.74, 6) is 0.704. The van der Waals surface area contributed by atoms with Crippen molar-refractivity contribution in [3.63, 3.8) is 0 Å². The van der Waals surface area contributed by atoms with Crippen LogP contribution in [0.3, 0.4) is 0 Å². The van der Waals surface area contributed by atoms with Crippen LogP contribution in [-0.2, 0) is 0 Å². The van der Waals surface area contributed by atoms with Crippen LogP contribution >= 0.6 is 11.3 Å². The summed E-state index contributed by atoms with van der Waals surface area (Å²) in [5.41, 5.74) is 4.60. The van der Waals surface area contributed by atoms with Crippen LogP contribution in [0.1, 0.15) is 28.4 Å². The van der Waals surface area contributed by atoms with E-state index in [4.69, 9.17) is 4.74 Å². The molecule has 25 heavy (non-hydrogen) atoms. The fraction of sp³-hybridized carbons (Fsp3) is 0.200. The summed E-state index contributed by atoms with van der Waals surface area (Å²) >= 11 is 1.42. The first-order valence-electron chi connectivity index (χ1n) is 8.14. The third-order valence-electron chi connectivity index (χ3n) is 3.81. The number of aryl methyl sites for hydroxylation is 2. The van der Waals surface area contributed by atoms with Gasteiger partial charge in [0.1, 0.15) is 5.75 Å². The number of ether oxygens (including phenoxy) is 1. The number of carbonyl (C=O) groups excluding carboxylic acids is 1. The molecule has 0 atom stereocenters. The molecule has 128 valence electrons. The molecular formula is C20H20N2O2S. The first kappa shape index (κ1) is 17.2. The van der Waals surface area contributed by atoms with Crippen LogP contribution in [0.25, 0.3) is 11.3 Å². The highest BCUT2D eigenvalue weighted by atomic mass is 32.1. The van der Waals surface area contributed by atoms with E-state index in [0.717, 1.165) is 28.1 Å². The standard InChI is InChI=1S/C20H20N2O2S/c1-4-24-16-8-6-15(7-9-16)18-12-25-20(21-18)22-19(23)17-10-5-13(2)11-14(17)3/h5-12H,4H2,1-3H3,(H,21,22,23). The molecule has 0 unspecified atom stereocenters. The first-order chi connectivity index (χ1) is 12.1. The zero-order chi connectivity index (χ0) is 17.8. The average Bonchev–Trinajstić information content (AvgIpc) is 3.04. The molecule has 4 nitrogen and oxygen atoms in total. The number of amides is 1. The summed E-state index contributed by atoms with van der Waals surface area (Å²) in [7, 11) is 0. The van der Waals surface area contributed by atoms with Crippen molar-refractivity contribution >= 4 is 22.4 Å². The third-order valence-corrected chi connectivity index (χ3v) is 4.57. The number of aromatic nitrogens is 1. The highest BCUT2D eigenvalue weighted by molar-refractivity contribution is 7.14. The van der Waals surface area contributed by atoms with Crippen molar-refractivity contribution in [3.8, 4) is 17.0 Å². The molecule has 0 spiro atoms. The molecule has 1 N–H and O–H groups in total. The van der Waals surface area contributed by atoms with E-state index in [2.05, 4.69) is 10.3 Å². The molecule has 0 saturated heterocycles. The molecule has 0 radical (unpaired) electrons. The van der Waals surface area contributed by atoms with Gasteiger partial charge in [-0.2, -0.15) is 0 Å². The summed E-state index contributed by atoms with van der Waals surface area (Å²) in [6.07, 6.45) is 0. The Kier molecular flexibility index (Phi) is 5.14. The SMILES string of the molecule is CCOc1ccc(-c2csc(NC(=O)c3ccc(C)cc3C)n2)cc1. The lowest BCUT2D eigenvalue weighted by molar-refractivity contribution is 0.102. The molecule has 0 bridgehead atoms. The van der Waals surface area contributed by atoms with Crippen molar-refractivity contribution in [2.75, 3.05) is 11.9 Å². The van der Waals surface area contributed by atoms with Crippen LogP contribution in [0, 0.1) is 13.8 Å². The van der Waals surface area contributed by atoms with Crippen molar-refractivity contribution in [3.05, 3.63) is 64.5 Å². The first-order valence-corrected chi connectivity index (χ1v) is 9.02. The minimum Gasteiger partial charge on any atom is -0.494 e. The van der Waals surface area contributed by atoms with Gasteiger partial charge < -0.3 is 4.74 Å². The molecule has 5 heteroatoms. The molecule has 0 saturated carbocycles. The van der Waals surface area contributed by atoms with Crippen LogP contribution in [0.4, 0.5) is 5.13 Å². The second-order valence-corrected chi connectivity index (χ2v) is 6.63. The fourth-order valence-corrected chi connectivity index (χ4v) is 3.30. The number of hydrogen-bond acceptors (Lipinski definition) is 4. The Morgan fingerprint density at radius 1 is 1.16 bits per heavy atom. The number of nitrogens with one attached hydrogen (secondary N) is 1. The largest absolute Gasteiger partial charge is 0.494 e. The van der Waals surface area contributed by atoms with Crippen molar-refractivity contribution in [1.29, 1.82) is 0 Å². The number of anilines is 1. The van der Waals surface area contributed by atoms with Gasteiger partial charge in [-0.3, -0.25) is 10.1 Å². The molecule has 1 amide bonds. The molecule has 3 aromatic rings. The van der Waals surface area contributed by atoms with E-state index >= 15 is 0 Å². The van der Waals surface area contributed by atoms with Crippen LogP contribution in [0.15, 0.2) is 47.8 Å². The topological polar surface area (TPSA) is 51.2 Å². The number of thiazole rings is 1. The number of nitrogens with zero attached hydrogens (tertiary/aromatic N) is 1. The molecular weight excluding hydrogens is 332 g/mol. The van der Waals surface area contributed by atoms with E-state index in [1.54, 1.807) is 0 Å². The summed E-state index contributed by atoms with van der Waals surface area (Å²) in [6, 6.07) is 13.6. The maximum Gasteiger partial charge on any atom is 0.257 e. The Morgan fingerprint density at radius 3 is 2.60 bits per heavy atom. The van der Waals surface area contributed by atoms with Crippen molar-refractivity contribution < 1.29 is 9.53 Å². The number of rotatable bonds is 5. The van der Waals surface area contributed by atoms with Crippen molar-refractivity contribution in [2.45, 2.75) is 20.8 Å². The van der Waals surface area contributed by atoms with E-state index in [0.29, 0.717) is 17.3 Å². The zero-order valence-electron chi connectivity index (χ0n) is 14.5. The lowest BCUT2D eigenvalue weighted by Crippen LogP contribution is -2.13. The fourth-order valence-electron chi connectivity index (χ4n) is 2.59. The van der Waals surface area contributed by atoms with Gasteiger partial charge >= 0.3 is 0 Å². The maximum absolute atomic E-state index is 12.4. The Hall–Kier alpha value is -2.66. The van der Waals surface area contributed by atoms with Gasteiger partial charge in [-0.25, -0.2) is 4.98 Å². The van der Waals surface area contributed by atoms with Gasteiger partial charge in [0.05, 0.1) is 12.3 Å². The number of benzene rings is 2. The van der Waals surface area contributed by atoms with E-state index in [1.807, 2.05) is 68.6 Å². The van der Waals surface area contributed by atoms with Gasteiger partial charge in [-0.15, -0.1) is 11.3 Å². The third kappa shape index (κ3) is 4.06. The monoisotopic (exact) mass is 352 g/mol. The summed E-state index contributed by atoms with van der Waals surface area (Å²) in [5, 5.41) is 5.41. The predicted octanol–water partition coefficient (Wildman–Crippen LogP) is 5.08. The molecule has 2 aromatic carbocycles. The molecule has 1 heterocycles. The van der Waals surface area contributed by atoms with Crippen LogP contribution in [0.5, 0.6) is 5.75 Å². The molecule has 3 rings (SSSR count). The van der Waals surface area contributed by atoms with Gasteiger partial charge in [0.25, 0.3) is 5.91 Å². The quantitative estimate of drug-likeness (QED) is 0.697. The summed E-state index contributed by atoms with van der Waals surface area (Å²) in [6.45, 7) is 6.55. The van der Waals surface area contributed by atoms with Crippen LogP contribution in [-0.4, -0.2) is 17.5 Å². The second kappa shape index (κ2) is 7.49. The Labute approximate surface area is 151 Å². The predicted molar refractivity (Wildman–Crippen MR) is 103 cm³/mol. The van der Waals surface area contributed by atoms with Crippen molar-refractivity contribution in [1.82, 2.24) is 4.98 Å². The van der Waals surface area contributed by atoms with E-state index in [-0.39, 0.29) is 5.91 Å². The Bertz CT molecular complexity index is 885. The maximum atomic E-state index is 12.4. The Morgan fingerprint density at radius 2 is 1.92 bits per heavy atom. The van der Waals surface area contributed by atoms with Gasteiger partial charge in [0.2, 0.25) is 0 Å². The molecule has 0 aliphatic heterocycles. The van der Waals surface area contributed by atoms with Gasteiger partial charge in [0.15, 0.2) is 5.13 Å². The number of hydrogen-bond donors (Lipinski definition) is 1.